The molecule has 0 unspecified atom stereocenters. The fourth-order valence-corrected chi connectivity index (χ4v) is 3.57. The zero-order valence-electron chi connectivity index (χ0n) is 19.5. The minimum atomic E-state index is -0.0639. The van der Waals surface area contributed by atoms with Crippen molar-refractivity contribution in [3.05, 3.63) is 82.7 Å². The summed E-state index contributed by atoms with van der Waals surface area (Å²) in [5.41, 5.74) is 4.99. The molecule has 0 radical (unpaired) electrons. The van der Waals surface area contributed by atoms with Crippen molar-refractivity contribution in [2.24, 2.45) is 0 Å². The van der Waals surface area contributed by atoms with Gasteiger partial charge < -0.3 is 14.4 Å². The summed E-state index contributed by atoms with van der Waals surface area (Å²) in [6.45, 7) is 7.82. The lowest BCUT2D eigenvalue weighted by Crippen LogP contribution is -2.24. The molecule has 6 heteroatoms. The molecular formula is C26H31N3O3. The van der Waals surface area contributed by atoms with Gasteiger partial charge in [-0.2, -0.15) is 5.10 Å². The maximum Gasteiger partial charge on any atom is 0.246 e. The first-order chi connectivity index (χ1) is 15.4. The van der Waals surface area contributed by atoms with Crippen LogP contribution in [-0.4, -0.2) is 34.7 Å². The van der Waals surface area contributed by atoms with Gasteiger partial charge in [-0.15, -0.1) is 0 Å². The minimum Gasteiger partial charge on any atom is -0.496 e. The van der Waals surface area contributed by atoms with Crippen LogP contribution in [0.4, 0.5) is 0 Å². The molecule has 0 bridgehead atoms. The molecule has 0 aliphatic carbocycles. The number of hydrogen-bond donors (Lipinski definition) is 0. The molecule has 0 spiro atoms. The van der Waals surface area contributed by atoms with E-state index in [1.54, 1.807) is 18.1 Å². The number of nitrogens with zero attached hydrogens (tertiary/aromatic N) is 3. The molecule has 1 aromatic heterocycles. The Kier molecular flexibility index (Phi) is 7.71. The largest absolute Gasteiger partial charge is 0.496 e. The zero-order valence-corrected chi connectivity index (χ0v) is 19.5. The summed E-state index contributed by atoms with van der Waals surface area (Å²) >= 11 is 0. The van der Waals surface area contributed by atoms with Crippen LogP contribution in [0.2, 0.25) is 0 Å². The normalized spacial score (nSPS) is 11.0. The Morgan fingerprint density at radius 2 is 1.91 bits per heavy atom. The molecule has 1 heterocycles. The monoisotopic (exact) mass is 433 g/mol. The summed E-state index contributed by atoms with van der Waals surface area (Å²) in [6, 6.07) is 15.4. The Balaban J connectivity index is 1.68. The molecule has 0 atom stereocenters. The number of carbonyl (C=O) groups is 1. The van der Waals surface area contributed by atoms with E-state index in [1.165, 1.54) is 0 Å². The fourth-order valence-electron chi connectivity index (χ4n) is 3.57. The smallest absolute Gasteiger partial charge is 0.246 e. The van der Waals surface area contributed by atoms with Gasteiger partial charge in [-0.05, 0) is 56.7 Å². The summed E-state index contributed by atoms with van der Waals surface area (Å²) in [6.07, 6.45) is 3.41. The van der Waals surface area contributed by atoms with Crippen LogP contribution >= 0.6 is 0 Å². The third kappa shape index (κ3) is 5.58. The molecule has 0 aliphatic rings. The number of hydrogen-bond acceptors (Lipinski definition) is 4. The highest BCUT2D eigenvalue weighted by atomic mass is 16.5. The molecule has 2 aromatic carbocycles. The van der Waals surface area contributed by atoms with Crippen LogP contribution in [0.1, 0.15) is 35.0 Å². The lowest BCUT2D eigenvalue weighted by molar-refractivity contribution is -0.125. The fraction of sp³-hybridized carbons (Fsp3) is 0.308. The summed E-state index contributed by atoms with van der Waals surface area (Å²) in [5.74, 6) is 1.48. The van der Waals surface area contributed by atoms with Gasteiger partial charge in [0.1, 0.15) is 18.1 Å². The third-order valence-corrected chi connectivity index (χ3v) is 5.46. The third-order valence-electron chi connectivity index (χ3n) is 5.46. The number of methoxy groups -OCH3 is 1. The second-order valence-electron chi connectivity index (χ2n) is 7.67. The molecule has 3 rings (SSSR count). The van der Waals surface area contributed by atoms with E-state index in [2.05, 4.69) is 12.0 Å². The van der Waals surface area contributed by atoms with Crippen LogP contribution in [0.15, 0.2) is 54.6 Å². The van der Waals surface area contributed by atoms with E-state index in [9.17, 15) is 4.79 Å². The van der Waals surface area contributed by atoms with Crippen LogP contribution in [0.5, 0.6) is 11.5 Å². The van der Waals surface area contributed by atoms with Gasteiger partial charge in [0.25, 0.3) is 0 Å². The number of aryl methyl sites for hydroxylation is 2. The molecular weight excluding hydrogens is 402 g/mol. The van der Waals surface area contributed by atoms with Crippen molar-refractivity contribution in [1.29, 1.82) is 0 Å². The van der Waals surface area contributed by atoms with Crippen molar-refractivity contribution in [1.82, 2.24) is 14.7 Å². The maximum atomic E-state index is 12.7. The first-order valence-electron chi connectivity index (χ1n) is 10.7. The van der Waals surface area contributed by atoms with Crippen molar-refractivity contribution in [3.63, 3.8) is 0 Å². The highest BCUT2D eigenvalue weighted by Gasteiger charge is 2.14. The van der Waals surface area contributed by atoms with Gasteiger partial charge >= 0.3 is 0 Å². The number of para-hydroxylation sites is 1. The average molecular weight is 434 g/mol. The van der Waals surface area contributed by atoms with Crippen molar-refractivity contribution >= 4 is 12.0 Å². The minimum absolute atomic E-state index is 0.0639. The first kappa shape index (κ1) is 23.1. The van der Waals surface area contributed by atoms with Gasteiger partial charge in [-0.1, -0.05) is 24.3 Å². The molecule has 1 amide bonds. The summed E-state index contributed by atoms with van der Waals surface area (Å²) < 4.78 is 13.3. The van der Waals surface area contributed by atoms with Crippen LogP contribution < -0.4 is 9.47 Å². The van der Waals surface area contributed by atoms with Crippen molar-refractivity contribution in [2.75, 3.05) is 14.2 Å². The highest BCUT2D eigenvalue weighted by Crippen LogP contribution is 2.23. The lowest BCUT2D eigenvalue weighted by atomic mass is 10.1. The van der Waals surface area contributed by atoms with Gasteiger partial charge in [0.15, 0.2) is 0 Å². The predicted molar refractivity (Wildman–Crippen MR) is 127 cm³/mol. The average Bonchev–Trinajstić information content (AvgIpc) is 3.09. The van der Waals surface area contributed by atoms with E-state index < -0.39 is 0 Å². The number of likely N-dealkylation sites (N-methyl/N-ethyl adjacent to an activating group) is 1. The van der Waals surface area contributed by atoms with Crippen molar-refractivity contribution in [2.45, 2.75) is 40.5 Å². The zero-order chi connectivity index (χ0) is 23.1. The maximum absolute atomic E-state index is 12.7. The number of benzene rings is 2. The van der Waals surface area contributed by atoms with Crippen LogP contribution in [-0.2, 0) is 24.5 Å². The van der Waals surface area contributed by atoms with E-state index in [1.807, 2.05) is 80.2 Å². The van der Waals surface area contributed by atoms with Crippen LogP contribution in [0.3, 0.4) is 0 Å². The second-order valence-corrected chi connectivity index (χ2v) is 7.67. The predicted octanol–water partition coefficient (Wildman–Crippen LogP) is 4.78. The molecule has 168 valence electrons. The van der Waals surface area contributed by atoms with E-state index in [0.717, 1.165) is 46.1 Å². The summed E-state index contributed by atoms with van der Waals surface area (Å²) in [4.78, 5) is 14.4. The van der Waals surface area contributed by atoms with E-state index in [0.29, 0.717) is 13.2 Å². The molecule has 0 saturated carbocycles. The van der Waals surface area contributed by atoms with Gasteiger partial charge in [-0.25, -0.2) is 0 Å². The van der Waals surface area contributed by atoms with E-state index in [-0.39, 0.29) is 5.91 Å². The lowest BCUT2D eigenvalue weighted by Gasteiger charge is -2.15. The number of rotatable bonds is 9. The van der Waals surface area contributed by atoms with E-state index >= 15 is 0 Å². The first-order valence-corrected chi connectivity index (χ1v) is 10.7. The molecule has 6 nitrogen and oxygen atoms in total. The Morgan fingerprint density at radius 1 is 1.16 bits per heavy atom. The van der Waals surface area contributed by atoms with Crippen molar-refractivity contribution < 1.29 is 14.3 Å². The van der Waals surface area contributed by atoms with E-state index in [4.69, 9.17) is 9.47 Å². The Morgan fingerprint density at radius 3 is 2.56 bits per heavy atom. The van der Waals surface area contributed by atoms with Crippen molar-refractivity contribution in [3.8, 4) is 11.5 Å². The quantitative estimate of drug-likeness (QED) is 0.456. The van der Waals surface area contributed by atoms with Gasteiger partial charge in [0.2, 0.25) is 5.91 Å². The van der Waals surface area contributed by atoms with Crippen LogP contribution in [0.25, 0.3) is 6.08 Å². The molecule has 32 heavy (non-hydrogen) atoms. The molecule has 3 aromatic rings. The Labute approximate surface area is 190 Å². The molecule has 0 N–H and O–H groups in total. The second kappa shape index (κ2) is 10.7. The van der Waals surface area contributed by atoms with Crippen LogP contribution in [0, 0.1) is 13.8 Å². The standard InChI is InChI=1S/C26H31N3O3/c1-6-29-20(3)24(19(2)27-29)17-28(4)26(30)15-13-21-12-14-25(31-5)22(16-21)18-32-23-10-8-7-9-11-23/h7-16H,6,17-18H2,1-5H3/b15-13+. The summed E-state index contributed by atoms with van der Waals surface area (Å²) in [7, 11) is 3.45. The van der Waals surface area contributed by atoms with Gasteiger partial charge in [-0.3, -0.25) is 9.48 Å². The van der Waals surface area contributed by atoms with Gasteiger partial charge in [0, 0.05) is 43.0 Å². The molecule has 0 aliphatic heterocycles. The highest BCUT2D eigenvalue weighted by molar-refractivity contribution is 5.91. The molecule has 0 saturated heterocycles. The molecule has 0 fully saturated rings. The Hall–Kier alpha value is -3.54. The number of carbonyl (C=O) groups excluding carboxylic acids is 1. The number of ether oxygens (including phenoxy) is 2. The van der Waals surface area contributed by atoms with Gasteiger partial charge in [0.05, 0.1) is 12.8 Å². The topological polar surface area (TPSA) is 56.6 Å². The Bertz CT molecular complexity index is 1090. The number of amides is 1. The summed E-state index contributed by atoms with van der Waals surface area (Å²) in [5, 5.41) is 4.54. The number of aromatic nitrogens is 2. The SMILES string of the molecule is CCn1nc(C)c(CN(C)C(=O)/C=C/c2ccc(OC)c(COc3ccccc3)c2)c1C.